The zero-order chi connectivity index (χ0) is 14.7. The first-order valence-electron chi connectivity index (χ1n) is 6.23. The molecule has 108 valence electrons. The van der Waals surface area contributed by atoms with Crippen LogP contribution in [-0.2, 0) is 4.74 Å². The fourth-order valence-electron chi connectivity index (χ4n) is 2.28. The summed E-state index contributed by atoms with van der Waals surface area (Å²) in [4.78, 5) is 24.1. The number of aromatic carboxylic acids is 1. The Morgan fingerprint density at radius 1 is 1.50 bits per heavy atom. The second-order valence-corrected chi connectivity index (χ2v) is 4.64. The number of amides is 1. The highest BCUT2D eigenvalue weighted by Crippen LogP contribution is 2.25. The Hall–Kier alpha value is -2.44. The highest BCUT2D eigenvalue weighted by Gasteiger charge is 2.24. The Morgan fingerprint density at radius 3 is 2.85 bits per heavy atom. The van der Waals surface area contributed by atoms with E-state index in [2.05, 4.69) is 10.1 Å². The van der Waals surface area contributed by atoms with Gasteiger partial charge in [-0.15, -0.1) is 0 Å². The summed E-state index contributed by atoms with van der Waals surface area (Å²) in [6, 6.07) is 4.88. The molecule has 7 heteroatoms. The third-order valence-electron chi connectivity index (χ3n) is 3.33. The summed E-state index contributed by atoms with van der Waals surface area (Å²) in [7, 11) is 1.33. The quantitative estimate of drug-likeness (QED) is 0.710. The Labute approximate surface area is 116 Å². The highest BCUT2D eigenvalue weighted by molar-refractivity contribution is 5.94. The van der Waals surface area contributed by atoms with Gasteiger partial charge in [-0.05, 0) is 24.6 Å². The zero-order valence-corrected chi connectivity index (χ0v) is 11.1. The maximum Gasteiger partial charge on any atom is 0.407 e. The lowest BCUT2D eigenvalue weighted by atomic mass is 10.1. The summed E-state index contributed by atoms with van der Waals surface area (Å²) < 4.78 is 4.56. The molecule has 1 atom stereocenters. The van der Waals surface area contributed by atoms with Crippen LogP contribution in [0.3, 0.4) is 0 Å². The van der Waals surface area contributed by atoms with Gasteiger partial charge in [-0.1, -0.05) is 0 Å². The van der Waals surface area contributed by atoms with Gasteiger partial charge < -0.3 is 25.8 Å². The lowest BCUT2D eigenvalue weighted by molar-refractivity contribution is 0.0698. The second kappa shape index (κ2) is 5.68. The van der Waals surface area contributed by atoms with Gasteiger partial charge >= 0.3 is 12.1 Å². The van der Waals surface area contributed by atoms with E-state index in [-0.39, 0.29) is 17.3 Å². The molecule has 1 aromatic rings. The first kappa shape index (κ1) is 14.0. The third kappa shape index (κ3) is 2.93. The number of methoxy groups -OCH3 is 1. The number of nitrogens with one attached hydrogen (secondary N) is 1. The summed E-state index contributed by atoms with van der Waals surface area (Å²) in [5.41, 5.74) is 6.91. The Kier molecular flexibility index (Phi) is 3.97. The first-order chi connectivity index (χ1) is 9.51. The zero-order valence-electron chi connectivity index (χ0n) is 11.1. The number of nitrogen functional groups attached to an aromatic ring is 1. The Morgan fingerprint density at radius 2 is 2.25 bits per heavy atom. The maximum atomic E-state index is 11.1. The molecular weight excluding hydrogens is 262 g/mol. The Balaban J connectivity index is 2.05. The molecule has 1 heterocycles. The molecule has 7 nitrogen and oxygen atoms in total. The van der Waals surface area contributed by atoms with Crippen molar-refractivity contribution in [3.63, 3.8) is 0 Å². The number of carbonyl (C=O) groups excluding carboxylic acids is 1. The molecular formula is C13H17N3O4. The molecule has 2 rings (SSSR count). The summed E-state index contributed by atoms with van der Waals surface area (Å²) in [5.74, 6) is -1.04. The molecule has 1 fully saturated rings. The molecule has 4 N–H and O–H groups in total. The predicted octanol–water partition coefficient (Wildman–Crippen LogP) is 0.902. The highest BCUT2D eigenvalue weighted by atomic mass is 16.5. The van der Waals surface area contributed by atoms with E-state index >= 15 is 0 Å². The van der Waals surface area contributed by atoms with Crippen LogP contribution in [0.25, 0.3) is 0 Å². The molecule has 0 spiro atoms. The van der Waals surface area contributed by atoms with Crippen LogP contribution in [-0.4, -0.2) is 43.4 Å². The van der Waals surface area contributed by atoms with Crippen LogP contribution in [0.1, 0.15) is 16.8 Å². The number of carbonyl (C=O) groups is 2. The number of hydrogen-bond donors (Lipinski definition) is 3. The van der Waals surface area contributed by atoms with Crippen molar-refractivity contribution in [3.8, 4) is 0 Å². The molecule has 1 aromatic carbocycles. The van der Waals surface area contributed by atoms with Gasteiger partial charge in [-0.25, -0.2) is 9.59 Å². The minimum atomic E-state index is -1.04. The van der Waals surface area contributed by atoms with Crippen LogP contribution in [0.5, 0.6) is 0 Å². The van der Waals surface area contributed by atoms with Gasteiger partial charge in [0.15, 0.2) is 0 Å². The smallest absolute Gasteiger partial charge is 0.407 e. The molecule has 1 unspecified atom stereocenters. The van der Waals surface area contributed by atoms with Gasteiger partial charge in [0.1, 0.15) is 0 Å². The molecule has 0 bridgehead atoms. The van der Waals surface area contributed by atoms with Gasteiger partial charge in [0, 0.05) is 24.5 Å². The molecule has 20 heavy (non-hydrogen) atoms. The number of benzene rings is 1. The molecule has 0 saturated carbocycles. The van der Waals surface area contributed by atoms with E-state index in [0.717, 1.165) is 18.7 Å². The van der Waals surface area contributed by atoms with E-state index < -0.39 is 12.1 Å². The summed E-state index contributed by atoms with van der Waals surface area (Å²) >= 11 is 0. The van der Waals surface area contributed by atoms with Crippen molar-refractivity contribution in [2.24, 2.45) is 0 Å². The minimum absolute atomic E-state index is 0.0165. The predicted molar refractivity (Wildman–Crippen MR) is 74.0 cm³/mol. The van der Waals surface area contributed by atoms with Crippen molar-refractivity contribution in [2.75, 3.05) is 30.8 Å². The minimum Gasteiger partial charge on any atom is -0.478 e. The van der Waals surface area contributed by atoms with E-state index in [0.29, 0.717) is 6.54 Å². The molecule has 0 aromatic heterocycles. The largest absolute Gasteiger partial charge is 0.478 e. The average molecular weight is 279 g/mol. The van der Waals surface area contributed by atoms with E-state index in [4.69, 9.17) is 10.8 Å². The van der Waals surface area contributed by atoms with Crippen LogP contribution >= 0.6 is 0 Å². The summed E-state index contributed by atoms with van der Waals surface area (Å²) in [6.45, 7) is 1.40. The van der Waals surface area contributed by atoms with Crippen molar-refractivity contribution in [2.45, 2.75) is 12.5 Å². The fourth-order valence-corrected chi connectivity index (χ4v) is 2.28. The second-order valence-electron chi connectivity index (χ2n) is 4.64. The van der Waals surface area contributed by atoms with Crippen LogP contribution < -0.4 is 16.0 Å². The Bertz CT molecular complexity index is 532. The number of carboxylic acid groups (broad SMARTS) is 1. The first-order valence-corrected chi connectivity index (χ1v) is 6.23. The molecule has 1 saturated heterocycles. The molecule has 1 aliphatic rings. The SMILES string of the molecule is COC(=O)NC1CCN(c2ccc(C(=O)O)c(N)c2)C1. The van der Waals surface area contributed by atoms with Crippen molar-refractivity contribution < 1.29 is 19.4 Å². The van der Waals surface area contributed by atoms with Crippen LogP contribution in [0.4, 0.5) is 16.2 Å². The van der Waals surface area contributed by atoms with Gasteiger partial charge in [0.25, 0.3) is 0 Å². The fraction of sp³-hybridized carbons (Fsp3) is 0.385. The lowest BCUT2D eigenvalue weighted by Gasteiger charge is -2.19. The normalized spacial score (nSPS) is 17.9. The lowest BCUT2D eigenvalue weighted by Crippen LogP contribution is -2.36. The van der Waals surface area contributed by atoms with Crippen LogP contribution in [0.2, 0.25) is 0 Å². The van der Waals surface area contributed by atoms with Crippen molar-refractivity contribution in [1.29, 1.82) is 0 Å². The monoisotopic (exact) mass is 279 g/mol. The van der Waals surface area contributed by atoms with E-state index in [1.165, 1.54) is 13.2 Å². The molecule has 0 aliphatic carbocycles. The van der Waals surface area contributed by atoms with E-state index in [1.807, 2.05) is 4.90 Å². The van der Waals surface area contributed by atoms with Gasteiger partial charge in [0.05, 0.1) is 18.7 Å². The molecule has 1 amide bonds. The average Bonchev–Trinajstić information content (AvgIpc) is 2.86. The number of ether oxygens (including phenoxy) is 1. The van der Waals surface area contributed by atoms with E-state index in [1.54, 1.807) is 12.1 Å². The molecule has 1 aliphatic heterocycles. The number of carboxylic acids is 1. The number of nitrogens with two attached hydrogens (primary N) is 1. The van der Waals surface area contributed by atoms with Gasteiger partial charge in [0.2, 0.25) is 0 Å². The van der Waals surface area contributed by atoms with Crippen LogP contribution in [0.15, 0.2) is 18.2 Å². The number of anilines is 2. The van der Waals surface area contributed by atoms with Crippen molar-refractivity contribution in [1.82, 2.24) is 5.32 Å². The third-order valence-corrected chi connectivity index (χ3v) is 3.33. The summed E-state index contributed by atoms with van der Waals surface area (Å²) in [6.07, 6.45) is 0.355. The van der Waals surface area contributed by atoms with Gasteiger partial charge in [-0.3, -0.25) is 0 Å². The topological polar surface area (TPSA) is 105 Å². The number of nitrogens with zero attached hydrogens (tertiary/aromatic N) is 1. The number of rotatable bonds is 3. The molecule has 0 radical (unpaired) electrons. The van der Waals surface area contributed by atoms with Crippen LogP contribution in [0, 0.1) is 0 Å². The summed E-state index contributed by atoms with van der Waals surface area (Å²) in [5, 5.41) is 11.7. The van der Waals surface area contributed by atoms with E-state index in [9.17, 15) is 9.59 Å². The van der Waals surface area contributed by atoms with Crippen molar-refractivity contribution >= 4 is 23.4 Å². The maximum absolute atomic E-state index is 11.1. The number of alkyl carbamates (subject to hydrolysis) is 1. The van der Waals surface area contributed by atoms with Gasteiger partial charge in [-0.2, -0.15) is 0 Å². The van der Waals surface area contributed by atoms with Crippen molar-refractivity contribution in [3.05, 3.63) is 23.8 Å². The standard InChI is InChI=1S/C13H17N3O4/c1-20-13(19)15-8-4-5-16(7-8)9-2-3-10(12(17)18)11(14)6-9/h2-3,6,8H,4-5,7,14H2,1H3,(H,15,19)(H,17,18). The number of hydrogen-bond acceptors (Lipinski definition) is 5.